The monoisotopic (exact) mass is 268 g/mol. The molecule has 0 aromatic heterocycles. The summed E-state index contributed by atoms with van der Waals surface area (Å²) in [6.07, 6.45) is 12.1. The molecule has 1 aliphatic rings. The van der Waals surface area contributed by atoms with Gasteiger partial charge in [0.05, 0.1) is 0 Å². The molecular weight excluding hydrogens is 236 g/mol. The number of hydrogen-bond donors (Lipinski definition) is 1. The second-order valence-corrected chi connectivity index (χ2v) is 5.84. The summed E-state index contributed by atoms with van der Waals surface area (Å²) < 4.78 is 0. The van der Waals surface area contributed by atoms with E-state index in [9.17, 15) is 4.79 Å². The van der Waals surface area contributed by atoms with Crippen molar-refractivity contribution in [1.29, 1.82) is 0 Å². The zero-order valence-electron chi connectivity index (χ0n) is 12.9. The lowest BCUT2D eigenvalue weighted by Gasteiger charge is -2.32. The maximum absolute atomic E-state index is 12.1. The van der Waals surface area contributed by atoms with Gasteiger partial charge in [-0.15, -0.1) is 0 Å². The molecule has 1 fully saturated rings. The molecule has 1 unspecified atom stereocenters. The lowest BCUT2D eigenvalue weighted by atomic mass is 10.0. The topological polar surface area (TPSA) is 32.3 Å². The van der Waals surface area contributed by atoms with Gasteiger partial charge in [0.1, 0.15) is 0 Å². The Bertz CT molecular complexity index is 243. The van der Waals surface area contributed by atoms with Crippen molar-refractivity contribution in [2.24, 2.45) is 0 Å². The number of carbonyl (C=O) groups is 1. The Labute approximate surface area is 119 Å². The third kappa shape index (κ3) is 6.95. The molecule has 1 aliphatic heterocycles. The van der Waals surface area contributed by atoms with Crippen molar-refractivity contribution in [1.82, 2.24) is 10.2 Å². The summed E-state index contributed by atoms with van der Waals surface area (Å²) in [5.41, 5.74) is 0. The van der Waals surface area contributed by atoms with Gasteiger partial charge in [-0.2, -0.15) is 0 Å². The summed E-state index contributed by atoms with van der Waals surface area (Å²) in [4.78, 5) is 14.2. The van der Waals surface area contributed by atoms with Crippen LogP contribution >= 0.6 is 0 Å². The summed E-state index contributed by atoms with van der Waals surface area (Å²) in [5.74, 6) is 0.369. The number of nitrogens with zero attached hydrogens (tertiary/aromatic N) is 1. The molecule has 3 heteroatoms. The quantitative estimate of drug-likeness (QED) is 0.651. The number of rotatable bonds is 9. The van der Waals surface area contributed by atoms with Crippen LogP contribution in [0.5, 0.6) is 0 Å². The van der Waals surface area contributed by atoms with Gasteiger partial charge in [0.2, 0.25) is 5.91 Å². The van der Waals surface area contributed by atoms with Crippen LogP contribution in [0.3, 0.4) is 0 Å². The fourth-order valence-corrected chi connectivity index (χ4v) is 2.83. The normalized spacial score (nSPS) is 19.7. The smallest absolute Gasteiger partial charge is 0.222 e. The Hall–Kier alpha value is -0.570. The Morgan fingerprint density at radius 3 is 2.53 bits per heavy atom. The van der Waals surface area contributed by atoms with Crippen molar-refractivity contribution < 1.29 is 4.79 Å². The Balaban J connectivity index is 2.04. The molecule has 1 rings (SSSR count). The maximum atomic E-state index is 12.1. The number of likely N-dealkylation sites (N-methyl/N-ethyl adjacent to an activating group) is 1. The summed E-state index contributed by atoms with van der Waals surface area (Å²) in [7, 11) is 1.99. The minimum atomic E-state index is 0.369. The van der Waals surface area contributed by atoms with Gasteiger partial charge in [-0.3, -0.25) is 4.79 Å². The van der Waals surface area contributed by atoms with E-state index < -0.39 is 0 Å². The molecule has 0 bridgehead atoms. The van der Waals surface area contributed by atoms with Crippen LogP contribution in [-0.2, 0) is 4.79 Å². The number of piperidine rings is 1. The zero-order chi connectivity index (χ0) is 13.9. The van der Waals surface area contributed by atoms with Gasteiger partial charge >= 0.3 is 0 Å². The molecule has 112 valence electrons. The van der Waals surface area contributed by atoms with Crippen LogP contribution in [0.25, 0.3) is 0 Å². The predicted octanol–water partition coefficient (Wildman–Crippen LogP) is 3.34. The van der Waals surface area contributed by atoms with Gasteiger partial charge in [-0.1, -0.05) is 45.4 Å². The summed E-state index contributed by atoms with van der Waals surface area (Å²) in [6, 6.07) is 0.506. The fourth-order valence-electron chi connectivity index (χ4n) is 2.83. The van der Waals surface area contributed by atoms with E-state index in [0.29, 0.717) is 11.9 Å². The first-order chi connectivity index (χ1) is 9.27. The molecule has 0 radical (unpaired) electrons. The van der Waals surface area contributed by atoms with Gasteiger partial charge in [0.15, 0.2) is 0 Å². The highest BCUT2D eigenvalue weighted by Gasteiger charge is 2.21. The number of carbonyl (C=O) groups excluding carboxylic acids is 1. The number of amides is 1. The molecule has 0 saturated carbocycles. The molecule has 3 nitrogen and oxygen atoms in total. The molecule has 1 N–H and O–H groups in total. The van der Waals surface area contributed by atoms with Crippen LogP contribution in [0.4, 0.5) is 0 Å². The molecule has 0 aromatic carbocycles. The molecule has 1 atom stereocenters. The van der Waals surface area contributed by atoms with Gasteiger partial charge < -0.3 is 10.2 Å². The predicted molar refractivity (Wildman–Crippen MR) is 81.3 cm³/mol. The third-order valence-corrected chi connectivity index (χ3v) is 4.18. The Kier molecular flexibility index (Phi) is 8.89. The van der Waals surface area contributed by atoms with E-state index in [4.69, 9.17) is 0 Å². The molecule has 0 aromatic rings. The third-order valence-electron chi connectivity index (χ3n) is 4.18. The summed E-state index contributed by atoms with van der Waals surface area (Å²) >= 11 is 0. The highest BCUT2D eigenvalue weighted by atomic mass is 16.2. The minimum absolute atomic E-state index is 0.369. The van der Waals surface area contributed by atoms with E-state index in [2.05, 4.69) is 17.1 Å². The van der Waals surface area contributed by atoms with Crippen molar-refractivity contribution in [2.75, 3.05) is 20.1 Å². The Morgan fingerprint density at radius 2 is 1.84 bits per heavy atom. The van der Waals surface area contributed by atoms with E-state index in [-0.39, 0.29) is 0 Å². The fraction of sp³-hybridized carbons (Fsp3) is 0.938. The lowest BCUT2D eigenvalue weighted by molar-refractivity contribution is -0.132. The number of hydrogen-bond acceptors (Lipinski definition) is 2. The summed E-state index contributed by atoms with van der Waals surface area (Å²) in [6.45, 7) is 4.12. The average Bonchev–Trinajstić information content (AvgIpc) is 2.46. The van der Waals surface area contributed by atoms with Gasteiger partial charge in [0, 0.05) is 25.6 Å². The van der Waals surface area contributed by atoms with Crippen LogP contribution in [0, 0.1) is 0 Å². The molecular formula is C16H32N2O. The van der Waals surface area contributed by atoms with Crippen LogP contribution < -0.4 is 5.32 Å². The van der Waals surface area contributed by atoms with E-state index >= 15 is 0 Å². The van der Waals surface area contributed by atoms with Crippen molar-refractivity contribution in [3.05, 3.63) is 0 Å². The van der Waals surface area contributed by atoms with E-state index in [0.717, 1.165) is 32.4 Å². The standard InChI is InChI=1S/C16H32N2O/c1-3-4-5-6-7-8-9-12-16(19)18-13-10-11-15(14-18)17-2/h15,17H,3-14H2,1-2H3. The van der Waals surface area contributed by atoms with Crippen LogP contribution in [0.1, 0.15) is 71.1 Å². The van der Waals surface area contributed by atoms with Gasteiger partial charge in [-0.25, -0.2) is 0 Å². The molecule has 0 aliphatic carbocycles. The number of nitrogens with one attached hydrogen (secondary N) is 1. The highest BCUT2D eigenvalue weighted by molar-refractivity contribution is 5.76. The number of likely N-dealkylation sites (tertiary alicyclic amines) is 1. The van der Waals surface area contributed by atoms with Crippen molar-refractivity contribution >= 4 is 5.91 Å². The van der Waals surface area contributed by atoms with E-state index in [1.165, 1.54) is 44.9 Å². The van der Waals surface area contributed by atoms with Gasteiger partial charge in [0.25, 0.3) is 0 Å². The van der Waals surface area contributed by atoms with E-state index in [1.54, 1.807) is 0 Å². The Morgan fingerprint density at radius 1 is 1.16 bits per heavy atom. The molecule has 19 heavy (non-hydrogen) atoms. The van der Waals surface area contributed by atoms with Crippen LogP contribution in [-0.4, -0.2) is 37.0 Å². The van der Waals surface area contributed by atoms with Crippen molar-refractivity contribution in [2.45, 2.75) is 77.2 Å². The largest absolute Gasteiger partial charge is 0.341 e. The van der Waals surface area contributed by atoms with Crippen LogP contribution in [0.15, 0.2) is 0 Å². The average molecular weight is 268 g/mol. The first-order valence-corrected chi connectivity index (χ1v) is 8.23. The van der Waals surface area contributed by atoms with Gasteiger partial charge in [-0.05, 0) is 26.3 Å². The first-order valence-electron chi connectivity index (χ1n) is 8.23. The van der Waals surface area contributed by atoms with Crippen LogP contribution in [0.2, 0.25) is 0 Å². The zero-order valence-corrected chi connectivity index (χ0v) is 12.9. The first kappa shape index (κ1) is 16.5. The van der Waals surface area contributed by atoms with E-state index in [1.807, 2.05) is 7.05 Å². The molecule has 1 heterocycles. The second-order valence-electron chi connectivity index (χ2n) is 5.84. The molecule has 1 amide bonds. The number of unbranched alkanes of at least 4 members (excludes halogenated alkanes) is 6. The van der Waals surface area contributed by atoms with Crippen molar-refractivity contribution in [3.8, 4) is 0 Å². The SMILES string of the molecule is CCCCCCCCCC(=O)N1CCCC(NC)C1. The maximum Gasteiger partial charge on any atom is 0.222 e. The highest BCUT2D eigenvalue weighted by Crippen LogP contribution is 2.13. The second kappa shape index (κ2) is 10.2. The van der Waals surface area contributed by atoms with Crippen molar-refractivity contribution in [3.63, 3.8) is 0 Å². The lowest BCUT2D eigenvalue weighted by Crippen LogP contribution is -2.46. The minimum Gasteiger partial charge on any atom is -0.341 e. The molecule has 0 spiro atoms. The molecule has 1 saturated heterocycles. The summed E-state index contributed by atoms with van der Waals surface area (Å²) in [5, 5.41) is 3.29.